The van der Waals surface area contributed by atoms with Gasteiger partial charge in [-0.2, -0.15) is 4.31 Å². The molecule has 1 aliphatic heterocycles. The average Bonchev–Trinajstić information content (AvgIpc) is 2.79. The number of methoxy groups -OCH3 is 1. The van der Waals surface area contributed by atoms with Crippen molar-refractivity contribution in [1.29, 1.82) is 0 Å². The lowest BCUT2D eigenvalue weighted by Crippen LogP contribution is -2.39. The monoisotopic (exact) mass is 423 g/mol. The lowest BCUT2D eigenvalue weighted by atomic mass is 9.90. The van der Waals surface area contributed by atoms with E-state index in [1.54, 1.807) is 16.4 Å². The van der Waals surface area contributed by atoms with E-state index in [1.807, 2.05) is 54.6 Å². The Morgan fingerprint density at radius 3 is 2.63 bits per heavy atom. The molecule has 1 atom stereocenters. The van der Waals surface area contributed by atoms with Crippen molar-refractivity contribution >= 4 is 26.8 Å². The van der Waals surface area contributed by atoms with Gasteiger partial charge in [0.25, 0.3) is 0 Å². The van der Waals surface area contributed by atoms with Crippen molar-refractivity contribution in [3.63, 3.8) is 0 Å². The van der Waals surface area contributed by atoms with E-state index in [1.165, 1.54) is 7.11 Å². The number of hydrogen-bond acceptors (Lipinski definition) is 4. The van der Waals surface area contributed by atoms with E-state index in [2.05, 4.69) is 0 Å². The molecule has 3 aromatic rings. The van der Waals surface area contributed by atoms with Crippen molar-refractivity contribution in [3.05, 3.63) is 77.9 Å². The lowest BCUT2D eigenvalue weighted by Gasteiger charge is -2.32. The van der Waals surface area contributed by atoms with Gasteiger partial charge >= 0.3 is 5.97 Å². The molecule has 0 aliphatic carbocycles. The molecule has 3 aromatic carbocycles. The smallest absolute Gasteiger partial charge is 0.309 e. The van der Waals surface area contributed by atoms with Crippen LogP contribution >= 0.6 is 0 Å². The van der Waals surface area contributed by atoms with Gasteiger partial charge in [0, 0.05) is 13.1 Å². The first-order chi connectivity index (χ1) is 14.5. The van der Waals surface area contributed by atoms with E-state index in [0.29, 0.717) is 18.0 Å². The van der Waals surface area contributed by atoms with Gasteiger partial charge in [0.1, 0.15) is 0 Å². The quantitative estimate of drug-likeness (QED) is 0.579. The number of esters is 1. The maximum atomic E-state index is 13.3. The Morgan fingerprint density at radius 1 is 1.03 bits per heavy atom. The maximum Gasteiger partial charge on any atom is 0.309 e. The summed E-state index contributed by atoms with van der Waals surface area (Å²) in [6.07, 6.45) is 1.94. The number of hydrogen-bond donors (Lipinski definition) is 0. The molecule has 1 heterocycles. The summed E-state index contributed by atoms with van der Waals surface area (Å²) < 4.78 is 33.0. The van der Waals surface area contributed by atoms with E-state index in [-0.39, 0.29) is 18.3 Å². The molecule has 30 heavy (non-hydrogen) atoms. The van der Waals surface area contributed by atoms with E-state index in [4.69, 9.17) is 4.74 Å². The molecule has 0 aromatic heterocycles. The van der Waals surface area contributed by atoms with E-state index < -0.39 is 10.0 Å². The summed E-state index contributed by atoms with van der Waals surface area (Å²) in [7, 11) is -2.19. The summed E-state index contributed by atoms with van der Waals surface area (Å²) in [5.41, 5.74) is 1.95. The summed E-state index contributed by atoms with van der Waals surface area (Å²) in [6.45, 7) is 0.963. The van der Waals surface area contributed by atoms with Crippen LogP contribution in [0.1, 0.15) is 29.9 Å². The number of nitrogens with zero attached hydrogens (tertiary/aromatic N) is 1. The van der Waals surface area contributed by atoms with E-state index in [9.17, 15) is 13.2 Å². The van der Waals surface area contributed by atoms with Gasteiger partial charge < -0.3 is 4.74 Å². The van der Waals surface area contributed by atoms with Gasteiger partial charge in [-0.05, 0) is 52.8 Å². The van der Waals surface area contributed by atoms with Crippen molar-refractivity contribution in [3.8, 4) is 0 Å². The highest BCUT2D eigenvalue weighted by Crippen LogP contribution is 2.31. The molecule has 0 amide bonds. The van der Waals surface area contributed by atoms with Crippen LogP contribution in [0.5, 0.6) is 0 Å². The molecule has 1 aliphatic rings. The normalized spacial score (nSPS) is 17.7. The zero-order chi connectivity index (χ0) is 21.1. The number of ether oxygens (including phenoxy) is 1. The number of rotatable bonds is 5. The highest BCUT2D eigenvalue weighted by molar-refractivity contribution is 7.89. The third kappa shape index (κ3) is 4.25. The molecule has 156 valence electrons. The molecule has 0 radical (unpaired) electrons. The second-order valence-corrected chi connectivity index (χ2v) is 9.65. The van der Waals surface area contributed by atoms with Crippen LogP contribution in [0.25, 0.3) is 10.8 Å². The Morgan fingerprint density at radius 2 is 1.83 bits per heavy atom. The summed E-state index contributed by atoms with van der Waals surface area (Å²) in [6, 6.07) is 20.9. The van der Waals surface area contributed by atoms with Gasteiger partial charge in [0.05, 0.1) is 18.4 Å². The summed E-state index contributed by atoms with van der Waals surface area (Å²) in [4.78, 5) is 11.9. The van der Waals surface area contributed by atoms with Crippen molar-refractivity contribution in [2.24, 2.45) is 0 Å². The van der Waals surface area contributed by atoms with Gasteiger partial charge in [-0.15, -0.1) is 0 Å². The zero-order valence-electron chi connectivity index (χ0n) is 17.0. The van der Waals surface area contributed by atoms with Crippen LogP contribution in [0.3, 0.4) is 0 Å². The van der Waals surface area contributed by atoms with Gasteiger partial charge in [0.2, 0.25) is 10.0 Å². The largest absolute Gasteiger partial charge is 0.469 e. The maximum absolute atomic E-state index is 13.3. The first-order valence-corrected chi connectivity index (χ1v) is 11.6. The van der Waals surface area contributed by atoms with Gasteiger partial charge in [-0.3, -0.25) is 4.79 Å². The standard InChI is InChI=1S/C24H25NO4S/c1-29-24(26)15-18-6-4-9-20(14-18)22-10-5-13-25(17-22)30(27,28)23-12-11-19-7-2-3-8-21(19)16-23/h2-4,6-9,11-12,14,16,22H,5,10,13,15,17H2,1H3. The fraction of sp³-hybridized carbons (Fsp3) is 0.292. The van der Waals surface area contributed by atoms with Crippen molar-refractivity contribution in [2.45, 2.75) is 30.1 Å². The Kier molecular flexibility index (Phi) is 5.88. The number of fused-ring (bicyclic) bond motifs is 1. The summed E-state index contributed by atoms with van der Waals surface area (Å²) in [5.74, 6) is -0.178. The highest BCUT2D eigenvalue weighted by Gasteiger charge is 2.31. The minimum atomic E-state index is -3.57. The minimum absolute atomic E-state index is 0.103. The van der Waals surface area contributed by atoms with Crippen LogP contribution in [0, 0.1) is 0 Å². The lowest BCUT2D eigenvalue weighted by molar-refractivity contribution is -0.139. The molecule has 0 N–H and O–H groups in total. The molecule has 0 bridgehead atoms. The van der Waals surface area contributed by atoms with E-state index >= 15 is 0 Å². The van der Waals surface area contributed by atoms with Crippen LogP contribution in [-0.4, -0.2) is 38.9 Å². The summed E-state index contributed by atoms with van der Waals surface area (Å²) in [5, 5.41) is 1.94. The van der Waals surface area contributed by atoms with Gasteiger partial charge in [-0.1, -0.05) is 54.6 Å². The SMILES string of the molecule is COC(=O)Cc1cccc(C2CCCN(S(=O)(=O)c3ccc4ccccc4c3)C2)c1. The topological polar surface area (TPSA) is 63.7 Å². The first kappa shape index (κ1) is 20.6. The highest BCUT2D eigenvalue weighted by atomic mass is 32.2. The number of sulfonamides is 1. The van der Waals surface area contributed by atoms with Crippen molar-refractivity contribution in [2.75, 3.05) is 20.2 Å². The van der Waals surface area contributed by atoms with Crippen LogP contribution in [0.2, 0.25) is 0 Å². The molecule has 5 nitrogen and oxygen atoms in total. The van der Waals surface area contributed by atoms with Crippen molar-refractivity contribution in [1.82, 2.24) is 4.31 Å². The van der Waals surface area contributed by atoms with Crippen LogP contribution < -0.4 is 0 Å². The molecule has 1 fully saturated rings. The summed E-state index contributed by atoms with van der Waals surface area (Å²) >= 11 is 0. The predicted molar refractivity (Wildman–Crippen MR) is 117 cm³/mol. The van der Waals surface area contributed by atoms with Crippen LogP contribution in [-0.2, 0) is 26.0 Å². The number of benzene rings is 3. The van der Waals surface area contributed by atoms with E-state index in [0.717, 1.165) is 34.7 Å². The van der Waals surface area contributed by atoms with Crippen LogP contribution in [0.15, 0.2) is 71.6 Å². The van der Waals surface area contributed by atoms with Gasteiger partial charge in [-0.25, -0.2) is 8.42 Å². The Hall–Kier alpha value is -2.70. The first-order valence-electron chi connectivity index (χ1n) is 10.1. The molecule has 6 heteroatoms. The Bertz CT molecular complexity index is 1170. The second kappa shape index (κ2) is 8.58. The Balaban J connectivity index is 1.57. The third-order valence-electron chi connectivity index (χ3n) is 5.74. The van der Waals surface area contributed by atoms with Gasteiger partial charge in [0.15, 0.2) is 0 Å². The molecular weight excluding hydrogens is 398 g/mol. The number of carbonyl (C=O) groups is 1. The molecule has 0 spiro atoms. The third-order valence-corrected chi connectivity index (χ3v) is 7.60. The number of piperidine rings is 1. The zero-order valence-corrected chi connectivity index (χ0v) is 17.8. The number of carbonyl (C=O) groups excluding carboxylic acids is 1. The second-order valence-electron chi connectivity index (χ2n) is 7.71. The fourth-order valence-corrected chi connectivity index (χ4v) is 5.67. The minimum Gasteiger partial charge on any atom is -0.469 e. The average molecular weight is 424 g/mol. The van der Waals surface area contributed by atoms with Crippen LogP contribution in [0.4, 0.5) is 0 Å². The Labute approximate surface area is 177 Å². The molecule has 4 rings (SSSR count). The van der Waals surface area contributed by atoms with Crippen molar-refractivity contribution < 1.29 is 17.9 Å². The fourth-order valence-electron chi connectivity index (χ4n) is 4.11. The predicted octanol–water partition coefficient (Wildman–Crippen LogP) is 4.12. The molecule has 0 saturated carbocycles. The molecule has 1 unspecified atom stereocenters. The molecular formula is C24H25NO4S. The molecule has 1 saturated heterocycles.